The van der Waals surface area contributed by atoms with Crippen LogP contribution in [-0.2, 0) is 4.43 Å². The highest BCUT2D eigenvalue weighted by Crippen LogP contribution is 2.44. The molecule has 0 spiro atoms. The van der Waals surface area contributed by atoms with Crippen molar-refractivity contribution in [2.45, 2.75) is 70.4 Å². The third-order valence-corrected chi connectivity index (χ3v) is 9.50. The zero-order valence-corrected chi connectivity index (χ0v) is 12.8. The first-order chi connectivity index (χ1) is 8.00. The molecule has 0 N–H and O–H groups in total. The van der Waals surface area contributed by atoms with Gasteiger partial charge in [0.05, 0.1) is 0 Å². The number of rotatable bonds is 5. The van der Waals surface area contributed by atoms with E-state index in [4.69, 9.17) is 9.69 Å². The van der Waals surface area contributed by atoms with Crippen LogP contribution in [0.15, 0.2) is 0 Å². The van der Waals surface area contributed by atoms with Crippen LogP contribution in [0.3, 0.4) is 0 Å². The lowest BCUT2D eigenvalue weighted by molar-refractivity contribution is -0.181. The lowest BCUT2D eigenvalue weighted by atomic mass is 10.4. The van der Waals surface area contributed by atoms with Crippen LogP contribution in [0, 0.1) is 11.3 Å². The molecular formula is C12H22F3NOSi. The van der Waals surface area contributed by atoms with Gasteiger partial charge in [-0.3, -0.25) is 0 Å². The van der Waals surface area contributed by atoms with Crippen molar-refractivity contribution in [1.29, 1.82) is 5.26 Å². The van der Waals surface area contributed by atoms with Crippen molar-refractivity contribution in [3.8, 4) is 6.07 Å². The Labute approximate surface area is 108 Å². The van der Waals surface area contributed by atoms with Gasteiger partial charge in [0.2, 0.25) is 14.4 Å². The summed E-state index contributed by atoms with van der Waals surface area (Å²) in [5.41, 5.74) is 0.0714. The van der Waals surface area contributed by atoms with E-state index in [-0.39, 0.29) is 16.6 Å². The molecule has 0 bridgehead atoms. The lowest BCUT2D eigenvalue weighted by Gasteiger charge is -2.43. The maximum atomic E-state index is 12.7. The van der Waals surface area contributed by atoms with Crippen LogP contribution in [0.25, 0.3) is 0 Å². The zero-order valence-electron chi connectivity index (χ0n) is 11.8. The van der Waals surface area contributed by atoms with E-state index in [0.717, 1.165) is 0 Å². The molecule has 106 valence electrons. The first kappa shape index (κ1) is 17.5. The largest absolute Gasteiger partial charge is 0.427 e. The van der Waals surface area contributed by atoms with Crippen molar-refractivity contribution >= 4 is 8.32 Å². The summed E-state index contributed by atoms with van der Waals surface area (Å²) in [6.07, 6.45) is -6.93. The fourth-order valence-electron chi connectivity index (χ4n) is 2.78. The molecule has 0 aromatic heterocycles. The van der Waals surface area contributed by atoms with Gasteiger partial charge in [-0.1, -0.05) is 41.5 Å². The summed E-state index contributed by atoms with van der Waals surface area (Å²) < 4.78 is 43.5. The molecule has 6 heteroatoms. The predicted molar refractivity (Wildman–Crippen MR) is 67.6 cm³/mol. The van der Waals surface area contributed by atoms with Gasteiger partial charge < -0.3 is 4.43 Å². The summed E-state index contributed by atoms with van der Waals surface area (Å²) in [5, 5.41) is 8.70. The Hall–Kier alpha value is -0.543. The normalized spacial score (nSPS) is 15.3. The molecule has 0 rings (SSSR count). The third kappa shape index (κ3) is 3.48. The Kier molecular flexibility index (Phi) is 5.88. The molecule has 0 radical (unpaired) electrons. The van der Waals surface area contributed by atoms with Crippen LogP contribution >= 0.6 is 0 Å². The summed E-state index contributed by atoms with van der Waals surface area (Å²) in [6.45, 7) is 11.3. The summed E-state index contributed by atoms with van der Waals surface area (Å²) in [7, 11) is -2.66. The summed E-state index contributed by atoms with van der Waals surface area (Å²) >= 11 is 0. The number of alkyl halides is 3. The molecule has 18 heavy (non-hydrogen) atoms. The minimum Gasteiger partial charge on any atom is -0.394 e. The van der Waals surface area contributed by atoms with Crippen LogP contribution < -0.4 is 0 Å². The van der Waals surface area contributed by atoms with Gasteiger partial charge in [0.1, 0.15) is 6.07 Å². The molecule has 0 aliphatic rings. The molecule has 1 atom stereocenters. The van der Waals surface area contributed by atoms with Gasteiger partial charge in [-0.05, 0) is 16.6 Å². The van der Waals surface area contributed by atoms with Gasteiger partial charge in [-0.25, -0.2) is 0 Å². The summed E-state index contributed by atoms with van der Waals surface area (Å²) in [5.74, 6) is 0. The average molecular weight is 281 g/mol. The van der Waals surface area contributed by atoms with Crippen molar-refractivity contribution in [3.05, 3.63) is 0 Å². The molecule has 1 unspecified atom stereocenters. The molecular weight excluding hydrogens is 259 g/mol. The number of hydrogen-bond acceptors (Lipinski definition) is 2. The van der Waals surface area contributed by atoms with Crippen molar-refractivity contribution in [1.82, 2.24) is 0 Å². The van der Waals surface area contributed by atoms with Gasteiger partial charge >= 0.3 is 6.18 Å². The first-order valence-electron chi connectivity index (χ1n) is 6.14. The van der Waals surface area contributed by atoms with Gasteiger partial charge in [0.15, 0.2) is 0 Å². The molecule has 0 aromatic rings. The van der Waals surface area contributed by atoms with Crippen LogP contribution in [0.1, 0.15) is 41.5 Å². The molecule has 0 aliphatic carbocycles. The Morgan fingerprint density at radius 1 is 0.944 bits per heavy atom. The second-order valence-corrected chi connectivity index (χ2v) is 10.9. The standard InChI is InChI=1S/C12H22F3NOSi/c1-8(2)18(9(3)4,10(5)6)17-11(7-16)12(13,14)15/h8-11H,1-6H3. The molecule has 0 amide bonds. The Bertz CT molecular complexity index is 286. The second-order valence-electron chi connectivity index (χ2n) is 5.49. The van der Waals surface area contributed by atoms with Crippen molar-refractivity contribution in [2.24, 2.45) is 0 Å². The van der Waals surface area contributed by atoms with E-state index < -0.39 is 20.6 Å². The fraction of sp³-hybridized carbons (Fsp3) is 0.917. The van der Waals surface area contributed by atoms with Crippen LogP contribution in [0.2, 0.25) is 16.6 Å². The smallest absolute Gasteiger partial charge is 0.394 e. The van der Waals surface area contributed by atoms with Crippen LogP contribution in [-0.4, -0.2) is 20.6 Å². The zero-order chi connectivity index (χ0) is 14.7. The van der Waals surface area contributed by atoms with Crippen molar-refractivity contribution in [3.63, 3.8) is 0 Å². The number of nitrogens with zero attached hydrogens (tertiary/aromatic N) is 1. The monoisotopic (exact) mass is 281 g/mol. The molecule has 0 aliphatic heterocycles. The second kappa shape index (κ2) is 6.07. The average Bonchev–Trinajstić information content (AvgIpc) is 2.15. The van der Waals surface area contributed by atoms with Gasteiger partial charge in [0.25, 0.3) is 0 Å². The summed E-state index contributed by atoms with van der Waals surface area (Å²) in [4.78, 5) is 0. The Morgan fingerprint density at radius 3 is 1.44 bits per heavy atom. The topological polar surface area (TPSA) is 33.0 Å². The third-order valence-electron chi connectivity index (χ3n) is 3.44. The molecule has 0 fully saturated rings. The van der Waals surface area contributed by atoms with E-state index in [1.807, 2.05) is 41.5 Å². The van der Waals surface area contributed by atoms with Crippen molar-refractivity contribution in [2.75, 3.05) is 0 Å². The first-order valence-corrected chi connectivity index (χ1v) is 8.28. The van der Waals surface area contributed by atoms with Gasteiger partial charge in [-0.2, -0.15) is 18.4 Å². The highest BCUT2D eigenvalue weighted by atomic mass is 28.4. The van der Waals surface area contributed by atoms with Crippen LogP contribution in [0.4, 0.5) is 13.2 Å². The number of halogens is 3. The lowest BCUT2D eigenvalue weighted by Crippen LogP contribution is -2.52. The van der Waals surface area contributed by atoms with E-state index in [2.05, 4.69) is 0 Å². The van der Waals surface area contributed by atoms with Crippen LogP contribution in [0.5, 0.6) is 0 Å². The minimum atomic E-state index is -4.62. The van der Waals surface area contributed by atoms with E-state index in [9.17, 15) is 13.2 Å². The predicted octanol–water partition coefficient (Wildman–Crippen LogP) is 4.63. The summed E-state index contributed by atoms with van der Waals surface area (Å²) in [6, 6.07) is 1.25. The van der Waals surface area contributed by atoms with E-state index in [0.29, 0.717) is 0 Å². The maximum Gasteiger partial charge on any atom is 0.427 e. The van der Waals surface area contributed by atoms with Gasteiger partial charge in [-0.15, -0.1) is 0 Å². The van der Waals surface area contributed by atoms with E-state index in [1.54, 1.807) is 0 Å². The Morgan fingerprint density at radius 2 is 1.28 bits per heavy atom. The Balaban J connectivity index is 5.44. The molecule has 0 heterocycles. The molecule has 0 aromatic carbocycles. The van der Waals surface area contributed by atoms with E-state index >= 15 is 0 Å². The van der Waals surface area contributed by atoms with E-state index in [1.165, 1.54) is 6.07 Å². The highest BCUT2D eigenvalue weighted by Gasteiger charge is 2.52. The molecule has 0 saturated carbocycles. The highest BCUT2D eigenvalue weighted by molar-refractivity contribution is 6.77. The fourth-order valence-corrected chi connectivity index (χ4v) is 8.19. The maximum absolute atomic E-state index is 12.7. The number of hydrogen-bond donors (Lipinski definition) is 0. The number of nitriles is 1. The molecule has 2 nitrogen and oxygen atoms in total. The quantitative estimate of drug-likeness (QED) is 0.688. The SMILES string of the molecule is CC(C)[Si](OC(C#N)C(F)(F)F)(C(C)C)C(C)C. The minimum absolute atomic E-state index is 0.0238. The van der Waals surface area contributed by atoms with Crippen molar-refractivity contribution < 1.29 is 17.6 Å². The molecule has 0 saturated heterocycles. The van der Waals surface area contributed by atoms with Gasteiger partial charge in [0, 0.05) is 0 Å².